The van der Waals surface area contributed by atoms with Crippen LogP contribution in [0.5, 0.6) is 0 Å². The van der Waals surface area contributed by atoms with E-state index in [2.05, 4.69) is 15.3 Å². The van der Waals surface area contributed by atoms with Gasteiger partial charge in [-0.1, -0.05) is 0 Å². The Hall–Kier alpha value is -0.984. The molecule has 1 amide bonds. The summed E-state index contributed by atoms with van der Waals surface area (Å²) >= 11 is 0.667. The fourth-order valence-electron chi connectivity index (χ4n) is 4.40. The number of amides is 1. The molecule has 2 aromatic rings. The first-order valence-electron chi connectivity index (χ1n) is 10.2. The molecule has 2 aliphatic rings. The van der Waals surface area contributed by atoms with E-state index in [9.17, 15) is 23.5 Å². The molecule has 7 nitrogen and oxygen atoms in total. The number of carboxylic acid groups (broad SMARTS) is 1. The van der Waals surface area contributed by atoms with Gasteiger partial charge >= 0.3 is 51.4 Å². The molecule has 1 N–H and O–H groups in total. The van der Waals surface area contributed by atoms with Gasteiger partial charge in [-0.25, -0.2) is 18.7 Å². The maximum atomic E-state index is 14.0. The Labute approximate surface area is 231 Å². The third-order valence-electron chi connectivity index (χ3n) is 5.61. The molecule has 0 aliphatic carbocycles. The molecule has 4 rings (SSSR count). The van der Waals surface area contributed by atoms with Crippen LogP contribution in [-0.4, -0.2) is 44.4 Å². The fourth-order valence-corrected chi connectivity index (χ4v) is 5.32. The zero-order valence-electron chi connectivity index (χ0n) is 18.4. The van der Waals surface area contributed by atoms with Gasteiger partial charge in [0.15, 0.2) is 0 Å². The van der Waals surface area contributed by atoms with E-state index in [-0.39, 0.29) is 91.0 Å². The number of rotatable bonds is 5. The minimum atomic E-state index is -2.85. The second-order valence-electron chi connectivity index (χ2n) is 8.99. The van der Waals surface area contributed by atoms with Crippen molar-refractivity contribution in [2.45, 2.75) is 70.5 Å². The van der Waals surface area contributed by atoms with Gasteiger partial charge in [-0.3, -0.25) is 4.79 Å². The molecule has 166 valence electrons. The van der Waals surface area contributed by atoms with Crippen LogP contribution in [-0.2, 0) is 0 Å². The van der Waals surface area contributed by atoms with E-state index in [0.29, 0.717) is 11.3 Å². The summed E-state index contributed by atoms with van der Waals surface area (Å²) in [6.07, 6.45) is 1.95. The molecule has 0 aromatic carbocycles. The Bertz CT molecular complexity index is 1020. The predicted octanol–water partition coefficient (Wildman–Crippen LogP) is 0.488. The van der Waals surface area contributed by atoms with Crippen LogP contribution in [0.2, 0.25) is 0 Å². The van der Waals surface area contributed by atoms with Crippen LogP contribution in [0.3, 0.4) is 0 Å². The molecule has 0 atom stereocenters. The van der Waals surface area contributed by atoms with Crippen molar-refractivity contribution >= 4 is 29.0 Å². The first-order chi connectivity index (χ1) is 14.5. The van der Waals surface area contributed by atoms with Crippen molar-refractivity contribution in [3.8, 4) is 10.4 Å². The van der Waals surface area contributed by atoms with Crippen LogP contribution in [0.4, 0.5) is 14.6 Å². The van der Waals surface area contributed by atoms with E-state index in [1.54, 1.807) is 4.90 Å². The monoisotopic (exact) mass is 488 g/mol. The predicted molar refractivity (Wildman–Crippen MR) is 110 cm³/mol. The van der Waals surface area contributed by atoms with Crippen molar-refractivity contribution in [3.05, 3.63) is 28.5 Å². The third-order valence-corrected chi connectivity index (χ3v) is 6.68. The van der Waals surface area contributed by atoms with Crippen LogP contribution in [0.1, 0.15) is 78.7 Å². The van der Waals surface area contributed by atoms with Crippen molar-refractivity contribution in [3.63, 3.8) is 0 Å². The minimum absolute atomic E-state index is 0. The van der Waals surface area contributed by atoms with Gasteiger partial charge in [0.25, 0.3) is 12.3 Å². The number of fused-ring (bicyclic) bond motifs is 2. The average molecular weight is 489 g/mol. The number of thiazole rings is 1. The standard InChI is InChI=1S/C21H24F2N4O3S.K/c1-21(2,3)26-14-8-12(17(22)23)13(9-24-14)16-15(25-18(31-16)20(29)30)19(28)27-10-4-5-11(27)7-6-10;/h8-11,17H,4-7H2,1-3H3,(H,24,26)(H,29,30);/q;+1/p-1/t10-,11-;. The Morgan fingerprint density at radius 1 is 1.22 bits per heavy atom. The molecular weight excluding hydrogens is 465 g/mol. The number of carboxylic acids is 1. The summed E-state index contributed by atoms with van der Waals surface area (Å²) in [4.78, 5) is 34.8. The number of anilines is 1. The van der Waals surface area contributed by atoms with Crippen LogP contribution in [0.25, 0.3) is 10.4 Å². The molecule has 2 aliphatic heterocycles. The zero-order valence-corrected chi connectivity index (χ0v) is 22.4. The zero-order chi connectivity index (χ0) is 22.5. The normalized spacial score (nSPS) is 19.9. The first-order valence-corrected chi connectivity index (χ1v) is 11.0. The second kappa shape index (κ2) is 9.71. The Kier molecular flexibility index (Phi) is 7.78. The molecule has 2 bridgehead atoms. The van der Waals surface area contributed by atoms with Gasteiger partial charge in [0, 0.05) is 34.9 Å². The quantitative estimate of drug-likeness (QED) is 0.615. The molecule has 2 saturated heterocycles. The van der Waals surface area contributed by atoms with Crippen LogP contribution in [0.15, 0.2) is 12.3 Å². The first kappa shape index (κ1) is 25.6. The van der Waals surface area contributed by atoms with Gasteiger partial charge in [-0.15, -0.1) is 11.3 Å². The molecule has 0 spiro atoms. The summed E-state index contributed by atoms with van der Waals surface area (Å²) < 4.78 is 27.9. The van der Waals surface area contributed by atoms with Crippen molar-refractivity contribution < 1.29 is 74.9 Å². The van der Waals surface area contributed by atoms with Gasteiger partial charge in [0.2, 0.25) is 0 Å². The number of nitrogens with zero attached hydrogens (tertiary/aromatic N) is 3. The number of aromatic carboxylic acids is 1. The molecule has 0 saturated carbocycles. The molecule has 2 fully saturated rings. The molecule has 0 radical (unpaired) electrons. The van der Waals surface area contributed by atoms with Gasteiger partial charge in [0.1, 0.15) is 22.5 Å². The molecular formula is C21H23F2KN4O3S. The summed E-state index contributed by atoms with van der Waals surface area (Å²) in [7, 11) is 0. The van der Waals surface area contributed by atoms with E-state index >= 15 is 0 Å². The van der Waals surface area contributed by atoms with Gasteiger partial charge in [0.05, 0.1) is 4.88 Å². The second-order valence-corrected chi connectivity index (χ2v) is 9.99. The van der Waals surface area contributed by atoms with Gasteiger partial charge in [-0.2, -0.15) is 0 Å². The molecule has 11 heteroatoms. The van der Waals surface area contributed by atoms with Crippen molar-refractivity contribution in [1.82, 2.24) is 14.9 Å². The summed E-state index contributed by atoms with van der Waals surface area (Å²) in [5, 5.41) is 14.1. The summed E-state index contributed by atoms with van der Waals surface area (Å²) in [5.74, 6) is -1.70. The molecule has 2 aromatic heterocycles. The topological polar surface area (TPSA) is 98.2 Å². The number of carbonyl (C=O) groups is 2. The fraction of sp³-hybridized carbons (Fsp3) is 0.524. The number of carbonyl (C=O) groups excluding carboxylic acids is 2. The van der Waals surface area contributed by atoms with Crippen LogP contribution in [0, 0.1) is 0 Å². The van der Waals surface area contributed by atoms with E-state index in [0.717, 1.165) is 25.7 Å². The summed E-state index contributed by atoms with van der Waals surface area (Å²) in [6, 6.07) is 1.41. The van der Waals surface area contributed by atoms with Gasteiger partial charge < -0.3 is 20.1 Å². The Morgan fingerprint density at radius 2 is 1.81 bits per heavy atom. The molecule has 0 unspecified atom stereocenters. The van der Waals surface area contributed by atoms with Crippen molar-refractivity contribution in [1.29, 1.82) is 0 Å². The SMILES string of the molecule is CC(C)(C)Nc1cc(C(F)F)c(-c2sc(C(=O)[O-])nc2C(=O)N2[C@H]3CC[C@H]2CC3)cn1.[K+]. The van der Waals surface area contributed by atoms with Crippen molar-refractivity contribution in [2.75, 3.05) is 5.32 Å². The van der Waals surface area contributed by atoms with Crippen LogP contribution < -0.4 is 61.8 Å². The maximum absolute atomic E-state index is 14.0. The largest absolute Gasteiger partial charge is 1.00 e. The molecule has 32 heavy (non-hydrogen) atoms. The van der Waals surface area contributed by atoms with E-state index < -0.39 is 28.8 Å². The number of hydrogen-bond acceptors (Lipinski definition) is 7. The Morgan fingerprint density at radius 3 is 2.31 bits per heavy atom. The smallest absolute Gasteiger partial charge is 0.542 e. The van der Waals surface area contributed by atoms with Crippen LogP contribution >= 0.6 is 11.3 Å². The number of alkyl halides is 2. The number of pyridine rings is 1. The number of halogens is 2. The van der Waals surface area contributed by atoms with E-state index in [4.69, 9.17) is 0 Å². The number of nitrogens with one attached hydrogen (secondary N) is 1. The third kappa shape index (κ3) is 5.07. The number of hydrogen-bond donors (Lipinski definition) is 1. The van der Waals surface area contributed by atoms with E-state index in [1.165, 1.54) is 12.3 Å². The maximum Gasteiger partial charge on any atom is 1.00 e. The Balaban J connectivity index is 0.00000289. The number of aromatic nitrogens is 2. The van der Waals surface area contributed by atoms with Crippen molar-refractivity contribution in [2.24, 2.45) is 0 Å². The average Bonchev–Trinajstić information content (AvgIpc) is 3.40. The summed E-state index contributed by atoms with van der Waals surface area (Å²) in [5.41, 5.74) is -0.845. The molecule has 4 heterocycles. The van der Waals surface area contributed by atoms with E-state index in [1.807, 2.05) is 20.8 Å². The summed E-state index contributed by atoms with van der Waals surface area (Å²) in [6.45, 7) is 5.63. The van der Waals surface area contributed by atoms with Gasteiger partial charge in [-0.05, 0) is 52.5 Å². The minimum Gasteiger partial charge on any atom is -0.542 e.